The summed E-state index contributed by atoms with van der Waals surface area (Å²) in [5.41, 5.74) is 2.67. The maximum atomic E-state index is 5.44. The molecule has 2 rings (SSSR count). The number of hydrogen-bond donors (Lipinski definition) is 0. The van der Waals surface area contributed by atoms with Crippen molar-refractivity contribution in [2.75, 3.05) is 0 Å². The van der Waals surface area contributed by atoms with Crippen molar-refractivity contribution in [2.24, 2.45) is 0 Å². The first kappa shape index (κ1) is 11.5. The van der Waals surface area contributed by atoms with Gasteiger partial charge in [0.25, 0.3) is 0 Å². The van der Waals surface area contributed by atoms with E-state index in [0.717, 1.165) is 5.56 Å². The Kier molecular flexibility index (Phi) is 3.46. The van der Waals surface area contributed by atoms with E-state index >= 15 is 0 Å². The molecule has 0 radical (unpaired) electrons. The zero-order chi connectivity index (χ0) is 12.8. The summed E-state index contributed by atoms with van der Waals surface area (Å²) in [5.74, 6) is 11.0. The minimum atomic E-state index is 0.539. The molecule has 0 bridgehead atoms. The van der Waals surface area contributed by atoms with E-state index in [1.807, 2.05) is 30.3 Å². The number of pyridine rings is 1. The van der Waals surface area contributed by atoms with Crippen LogP contribution < -0.4 is 0 Å². The molecule has 2 aromatic rings. The average Bonchev–Trinajstić information content (AvgIpc) is 2.45. The summed E-state index contributed by atoms with van der Waals surface area (Å²) in [7, 11) is 0. The summed E-state index contributed by atoms with van der Waals surface area (Å²) >= 11 is 0. The van der Waals surface area contributed by atoms with E-state index in [0.29, 0.717) is 16.8 Å². The largest absolute Gasteiger partial charge is 0.246 e. The van der Waals surface area contributed by atoms with Crippen LogP contribution in [0.15, 0.2) is 42.6 Å². The Hall–Kier alpha value is -2.95. The van der Waals surface area contributed by atoms with E-state index in [1.54, 1.807) is 12.3 Å². The first-order valence-corrected chi connectivity index (χ1v) is 5.34. The Morgan fingerprint density at radius 2 is 1.67 bits per heavy atom. The molecule has 18 heavy (non-hydrogen) atoms. The minimum absolute atomic E-state index is 0.539. The van der Waals surface area contributed by atoms with E-state index in [9.17, 15) is 0 Å². The summed E-state index contributed by atoms with van der Waals surface area (Å²) in [6, 6.07) is 11.4. The lowest BCUT2D eigenvalue weighted by Crippen LogP contribution is -1.92. The molecule has 0 atom stereocenters. The Labute approximate surface area is 107 Å². The molecule has 0 unspecified atom stereocenters. The molecule has 0 aliphatic heterocycles. The molecule has 1 heterocycles. The molecule has 1 nitrogen and oxygen atoms in total. The van der Waals surface area contributed by atoms with Crippen molar-refractivity contribution in [3.63, 3.8) is 0 Å². The summed E-state index contributed by atoms with van der Waals surface area (Å²) < 4.78 is 0. The van der Waals surface area contributed by atoms with Crippen LogP contribution in [0.4, 0.5) is 0 Å². The molecule has 0 saturated carbocycles. The number of hydrogen-bond acceptors (Lipinski definition) is 1. The Bertz CT molecular complexity index is 701. The van der Waals surface area contributed by atoms with Gasteiger partial charge in [-0.1, -0.05) is 36.0 Å². The second-order valence-corrected chi connectivity index (χ2v) is 3.49. The van der Waals surface area contributed by atoms with Crippen LogP contribution in [-0.4, -0.2) is 4.98 Å². The van der Waals surface area contributed by atoms with Crippen LogP contribution in [0.3, 0.4) is 0 Å². The first-order valence-electron chi connectivity index (χ1n) is 5.34. The van der Waals surface area contributed by atoms with Gasteiger partial charge < -0.3 is 0 Å². The van der Waals surface area contributed by atoms with Gasteiger partial charge in [-0.3, -0.25) is 0 Å². The lowest BCUT2D eigenvalue weighted by atomic mass is 10.1. The Morgan fingerprint density at radius 1 is 0.889 bits per heavy atom. The zero-order valence-corrected chi connectivity index (χ0v) is 9.64. The van der Waals surface area contributed by atoms with E-state index in [-0.39, 0.29) is 0 Å². The molecular formula is C17H9N. The lowest BCUT2D eigenvalue weighted by molar-refractivity contribution is 1.26. The average molecular weight is 227 g/mol. The van der Waals surface area contributed by atoms with Crippen molar-refractivity contribution >= 4 is 0 Å². The highest BCUT2D eigenvalue weighted by Crippen LogP contribution is 2.09. The van der Waals surface area contributed by atoms with Crippen molar-refractivity contribution in [2.45, 2.75) is 0 Å². The molecule has 82 valence electrons. The zero-order valence-electron chi connectivity index (χ0n) is 9.64. The summed E-state index contributed by atoms with van der Waals surface area (Å²) in [6.45, 7) is 0. The highest BCUT2D eigenvalue weighted by molar-refractivity contribution is 5.56. The molecule has 0 fully saturated rings. The van der Waals surface area contributed by atoms with Gasteiger partial charge in [0.1, 0.15) is 5.69 Å². The Morgan fingerprint density at radius 3 is 2.33 bits per heavy atom. The fourth-order valence-electron chi connectivity index (χ4n) is 1.48. The molecule has 0 spiro atoms. The number of aromatic nitrogens is 1. The van der Waals surface area contributed by atoms with E-state index in [1.165, 1.54) is 0 Å². The van der Waals surface area contributed by atoms with Crippen LogP contribution in [0.1, 0.15) is 22.4 Å². The van der Waals surface area contributed by atoms with Gasteiger partial charge in [-0.25, -0.2) is 4.98 Å². The number of terminal acetylenes is 2. The van der Waals surface area contributed by atoms with Crippen molar-refractivity contribution in [3.05, 3.63) is 65.0 Å². The molecule has 1 aromatic carbocycles. The summed E-state index contributed by atoms with van der Waals surface area (Å²) in [6.07, 6.45) is 12.4. The van der Waals surface area contributed by atoms with Crippen LogP contribution in [0.2, 0.25) is 0 Å². The highest BCUT2D eigenvalue weighted by atomic mass is 14.7. The lowest BCUT2D eigenvalue weighted by Gasteiger charge is -1.98. The number of rotatable bonds is 0. The van der Waals surface area contributed by atoms with Crippen LogP contribution in [0.25, 0.3) is 0 Å². The molecule has 0 aliphatic rings. The van der Waals surface area contributed by atoms with Crippen LogP contribution in [-0.2, 0) is 0 Å². The molecule has 0 N–H and O–H groups in total. The van der Waals surface area contributed by atoms with E-state index < -0.39 is 0 Å². The van der Waals surface area contributed by atoms with E-state index in [4.69, 9.17) is 12.8 Å². The van der Waals surface area contributed by atoms with Gasteiger partial charge in [0, 0.05) is 17.3 Å². The number of benzene rings is 1. The predicted octanol–water partition coefficient (Wildman–Crippen LogP) is 2.44. The fourth-order valence-corrected chi connectivity index (χ4v) is 1.48. The number of nitrogens with zero attached hydrogens (tertiary/aromatic N) is 1. The van der Waals surface area contributed by atoms with Crippen molar-refractivity contribution in [1.82, 2.24) is 4.98 Å². The maximum Gasteiger partial charge on any atom is 0.130 e. The van der Waals surface area contributed by atoms with E-state index in [2.05, 4.69) is 28.7 Å². The monoisotopic (exact) mass is 227 g/mol. The van der Waals surface area contributed by atoms with Gasteiger partial charge in [-0.2, -0.15) is 0 Å². The molecule has 0 aliphatic carbocycles. The van der Waals surface area contributed by atoms with Gasteiger partial charge in [-0.05, 0) is 24.1 Å². The fraction of sp³-hybridized carbons (Fsp3) is 0. The highest BCUT2D eigenvalue weighted by Gasteiger charge is 2.02. The van der Waals surface area contributed by atoms with Crippen LogP contribution in [0.5, 0.6) is 0 Å². The van der Waals surface area contributed by atoms with Gasteiger partial charge in [0.05, 0.1) is 5.56 Å². The standard InChI is InChI=1S/C17H9N/c1-3-15-12-13-18-17(16(15)4-2)11-10-14-8-6-5-7-9-14/h1-2,5-9,12-13H. The second kappa shape index (κ2) is 5.40. The molecule has 1 heteroatoms. The molecule has 0 saturated heterocycles. The quantitative estimate of drug-likeness (QED) is 0.630. The van der Waals surface area contributed by atoms with Crippen molar-refractivity contribution in [3.8, 4) is 36.5 Å². The van der Waals surface area contributed by atoms with Crippen LogP contribution >= 0.6 is 0 Å². The topological polar surface area (TPSA) is 12.9 Å². The molecular weight excluding hydrogens is 218 g/mol. The van der Waals surface area contributed by atoms with Crippen molar-refractivity contribution < 1.29 is 0 Å². The first-order chi connectivity index (χ1) is 8.85. The maximum absolute atomic E-state index is 5.44. The predicted molar refractivity (Wildman–Crippen MR) is 72.5 cm³/mol. The SMILES string of the molecule is C#Cc1ccnc(C#Cc2ccccc2)c1C#C. The molecule has 0 amide bonds. The van der Waals surface area contributed by atoms with Crippen LogP contribution in [0, 0.1) is 36.5 Å². The van der Waals surface area contributed by atoms with Gasteiger partial charge in [-0.15, -0.1) is 12.8 Å². The summed E-state index contributed by atoms with van der Waals surface area (Å²) in [5, 5.41) is 0. The van der Waals surface area contributed by atoms with Gasteiger partial charge in [0.15, 0.2) is 0 Å². The summed E-state index contributed by atoms with van der Waals surface area (Å²) in [4.78, 5) is 4.16. The van der Waals surface area contributed by atoms with Crippen molar-refractivity contribution in [1.29, 1.82) is 0 Å². The van der Waals surface area contributed by atoms with Gasteiger partial charge in [0.2, 0.25) is 0 Å². The molecule has 1 aromatic heterocycles. The minimum Gasteiger partial charge on any atom is -0.246 e. The second-order valence-electron chi connectivity index (χ2n) is 3.49. The normalized spacial score (nSPS) is 8.56. The third kappa shape index (κ3) is 2.41. The van der Waals surface area contributed by atoms with Gasteiger partial charge >= 0.3 is 0 Å². The third-order valence-electron chi connectivity index (χ3n) is 2.35. The third-order valence-corrected chi connectivity index (χ3v) is 2.35. The Balaban J connectivity index is 2.47. The smallest absolute Gasteiger partial charge is 0.130 e.